The fourth-order valence-corrected chi connectivity index (χ4v) is 2.40. The number of ether oxygens (including phenoxy) is 1. The highest BCUT2D eigenvalue weighted by Gasteiger charge is 2.12. The van der Waals surface area contributed by atoms with E-state index in [0.717, 1.165) is 37.5 Å². The Bertz CT molecular complexity index is 436. The van der Waals surface area contributed by atoms with Gasteiger partial charge in [-0.3, -0.25) is 0 Å². The first-order chi connectivity index (χ1) is 9.88. The summed E-state index contributed by atoms with van der Waals surface area (Å²) in [5, 5.41) is 15.4. The van der Waals surface area contributed by atoms with Gasteiger partial charge in [0.1, 0.15) is 5.75 Å². The molecule has 1 aromatic carbocycles. The maximum Gasteiger partial charge on any atom is 0.121 e. The number of nitrogens with zero attached hydrogens (tertiary/aromatic N) is 1. The van der Waals surface area contributed by atoms with Gasteiger partial charge in [0.2, 0.25) is 0 Å². The minimum atomic E-state index is 0.548. The van der Waals surface area contributed by atoms with Crippen LogP contribution in [0.2, 0.25) is 0 Å². The zero-order valence-electron chi connectivity index (χ0n) is 11.9. The number of nitriles is 1. The van der Waals surface area contributed by atoms with Crippen molar-refractivity contribution in [2.24, 2.45) is 5.92 Å². The number of nitrogens with one attached hydrogen (secondary N) is 2. The van der Waals surface area contributed by atoms with Crippen molar-refractivity contribution >= 4 is 5.69 Å². The summed E-state index contributed by atoms with van der Waals surface area (Å²) < 4.78 is 5.64. The maximum atomic E-state index is 8.48. The average molecular weight is 273 g/mol. The lowest BCUT2D eigenvalue weighted by Gasteiger charge is -2.23. The van der Waals surface area contributed by atoms with Gasteiger partial charge >= 0.3 is 0 Å². The van der Waals surface area contributed by atoms with E-state index in [-0.39, 0.29) is 0 Å². The SMILES string of the molecule is N#CCCCOc1cccc(NCC2CCCNC2)c1. The number of hydrogen-bond acceptors (Lipinski definition) is 4. The third-order valence-electron chi connectivity index (χ3n) is 3.53. The molecule has 0 amide bonds. The van der Waals surface area contributed by atoms with Crippen LogP contribution < -0.4 is 15.4 Å². The number of benzene rings is 1. The van der Waals surface area contributed by atoms with Crippen molar-refractivity contribution in [2.75, 3.05) is 31.6 Å². The molecule has 0 radical (unpaired) electrons. The molecule has 2 N–H and O–H groups in total. The lowest BCUT2D eigenvalue weighted by molar-refractivity contribution is 0.313. The van der Waals surface area contributed by atoms with Gasteiger partial charge in [0, 0.05) is 24.7 Å². The van der Waals surface area contributed by atoms with E-state index in [4.69, 9.17) is 10.00 Å². The highest BCUT2D eigenvalue weighted by atomic mass is 16.5. The quantitative estimate of drug-likeness (QED) is 0.750. The molecule has 1 heterocycles. The van der Waals surface area contributed by atoms with E-state index >= 15 is 0 Å². The molecule has 4 nitrogen and oxygen atoms in total. The second kappa shape index (κ2) is 8.44. The van der Waals surface area contributed by atoms with Crippen molar-refractivity contribution in [3.8, 4) is 11.8 Å². The molecular weight excluding hydrogens is 250 g/mol. The van der Waals surface area contributed by atoms with Crippen LogP contribution in [0.25, 0.3) is 0 Å². The Morgan fingerprint density at radius 3 is 3.20 bits per heavy atom. The van der Waals surface area contributed by atoms with Crippen LogP contribution in [0, 0.1) is 17.2 Å². The Hall–Kier alpha value is -1.73. The highest BCUT2D eigenvalue weighted by molar-refractivity contribution is 5.48. The first kappa shape index (κ1) is 14.7. The lowest BCUT2D eigenvalue weighted by atomic mass is 10.00. The van der Waals surface area contributed by atoms with Crippen molar-refractivity contribution in [3.05, 3.63) is 24.3 Å². The first-order valence-corrected chi connectivity index (χ1v) is 7.43. The Kier molecular flexibility index (Phi) is 6.19. The second-order valence-electron chi connectivity index (χ2n) is 5.23. The molecule has 20 heavy (non-hydrogen) atoms. The van der Waals surface area contributed by atoms with Crippen LogP contribution in [0.4, 0.5) is 5.69 Å². The van der Waals surface area contributed by atoms with Gasteiger partial charge in [-0.2, -0.15) is 5.26 Å². The van der Waals surface area contributed by atoms with E-state index in [1.54, 1.807) is 0 Å². The van der Waals surface area contributed by atoms with Gasteiger partial charge in [0.25, 0.3) is 0 Å². The fraction of sp³-hybridized carbons (Fsp3) is 0.562. The maximum absolute atomic E-state index is 8.48. The Morgan fingerprint density at radius 2 is 2.40 bits per heavy atom. The molecule has 0 bridgehead atoms. The monoisotopic (exact) mass is 273 g/mol. The van der Waals surface area contributed by atoms with Crippen LogP contribution in [-0.4, -0.2) is 26.2 Å². The topological polar surface area (TPSA) is 57.1 Å². The normalized spacial score (nSPS) is 18.2. The van der Waals surface area contributed by atoms with E-state index in [2.05, 4.69) is 22.8 Å². The Balaban J connectivity index is 1.75. The Labute approximate surface area is 121 Å². The molecule has 4 heteroatoms. The summed E-state index contributed by atoms with van der Waals surface area (Å²) in [6.45, 7) is 3.87. The van der Waals surface area contributed by atoms with Crippen LogP contribution >= 0.6 is 0 Å². The molecule has 0 saturated carbocycles. The van der Waals surface area contributed by atoms with E-state index in [1.165, 1.54) is 12.8 Å². The molecule has 0 aromatic heterocycles. The molecule has 1 saturated heterocycles. The molecule has 108 valence electrons. The van der Waals surface area contributed by atoms with Crippen LogP contribution in [0.1, 0.15) is 25.7 Å². The zero-order chi connectivity index (χ0) is 14.0. The number of hydrogen-bond donors (Lipinski definition) is 2. The number of piperidine rings is 1. The van der Waals surface area contributed by atoms with Crippen molar-refractivity contribution in [1.82, 2.24) is 5.32 Å². The van der Waals surface area contributed by atoms with Crippen molar-refractivity contribution < 1.29 is 4.74 Å². The molecule has 0 aliphatic carbocycles. The summed E-state index contributed by atoms with van der Waals surface area (Å²) in [4.78, 5) is 0. The summed E-state index contributed by atoms with van der Waals surface area (Å²) in [6.07, 6.45) is 3.90. The molecule has 1 fully saturated rings. The highest BCUT2D eigenvalue weighted by Crippen LogP contribution is 2.19. The van der Waals surface area contributed by atoms with Crippen LogP contribution in [-0.2, 0) is 0 Å². The second-order valence-corrected chi connectivity index (χ2v) is 5.23. The van der Waals surface area contributed by atoms with Crippen molar-refractivity contribution in [1.29, 1.82) is 5.26 Å². The molecule has 1 atom stereocenters. The summed E-state index contributed by atoms with van der Waals surface area (Å²) in [5.74, 6) is 1.58. The summed E-state index contributed by atoms with van der Waals surface area (Å²) in [6, 6.07) is 10.2. The minimum absolute atomic E-state index is 0.548. The molecule has 1 aliphatic rings. The van der Waals surface area contributed by atoms with Gasteiger partial charge in [-0.05, 0) is 50.4 Å². The van der Waals surface area contributed by atoms with Crippen LogP contribution in [0.5, 0.6) is 5.75 Å². The average Bonchev–Trinajstić information content (AvgIpc) is 2.51. The zero-order valence-corrected chi connectivity index (χ0v) is 11.9. The smallest absolute Gasteiger partial charge is 0.121 e. The van der Waals surface area contributed by atoms with Crippen molar-refractivity contribution in [3.63, 3.8) is 0 Å². The summed E-state index contributed by atoms with van der Waals surface area (Å²) in [5.41, 5.74) is 1.10. The van der Waals surface area contributed by atoms with Gasteiger partial charge in [-0.15, -0.1) is 0 Å². The first-order valence-electron chi connectivity index (χ1n) is 7.43. The lowest BCUT2D eigenvalue weighted by Crippen LogP contribution is -2.33. The van der Waals surface area contributed by atoms with Gasteiger partial charge in [-0.25, -0.2) is 0 Å². The van der Waals surface area contributed by atoms with E-state index < -0.39 is 0 Å². The fourth-order valence-electron chi connectivity index (χ4n) is 2.40. The van der Waals surface area contributed by atoms with Crippen LogP contribution in [0.3, 0.4) is 0 Å². The Morgan fingerprint density at radius 1 is 1.45 bits per heavy atom. The number of anilines is 1. The van der Waals surface area contributed by atoms with Gasteiger partial charge in [-0.1, -0.05) is 6.07 Å². The van der Waals surface area contributed by atoms with Gasteiger partial charge in [0.05, 0.1) is 12.7 Å². The third kappa shape index (κ3) is 5.10. The predicted octanol–water partition coefficient (Wildman–Crippen LogP) is 2.78. The van der Waals surface area contributed by atoms with Crippen molar-refractivity contribution in [2.45, 2.75) is 25.7 Å². The molecule has 0 spiro atoms. The number of unbranched alkanes of at least 4 members (excludes halogenated alkanes) is 1. The molecule has 1 aliphatic heterocycles. The van der Waals surface area contributed by atoms with E-state index in [1.807, 2.05) is 18.2 Å². The van der Waals surface area contributed by atoms with E-state index in [0.29, 0.717) is 18.9 Å². The van der Waals surface area contributed by atoms with Crippen LogP contribution in [0.15, 0.2) is 24.3 Å². The third-order valence-corrected chi connectivity index (χ3v) is 3.53. The molecule has 2 rings (SSSR count). The number of rotatable bonds is 7. The molecule has 1 unspecified atom stereocenters. The largest absolute Gasteiger partial charge is 0.493 e. The van der Waals surface area contributed by atoms with E-state index in [9.17, 15) is 0 Å². The molecule has 1 aromatic rings. The standard InChI is InChI=1S/C16H23N3O/c17-8-1-2-10-20-16-7-3-6-15(11-16)19-13-14-5-4-9-18-12-14/h3,6-7,11,14,18-19H,1-2,4-5,9-10,12-13H2. The van der Waals surface area contributed by atoms with Gasteiger partial charge in [0.15, 0.2) is 0 Å². The summed E-state index contributed by atoms with van der Waals surface area (Å²) in [7, 11) is 0. The summed E-state index contributed by atoms with van der Waals surface area (Å²) >= 11 is 0. The molecular formula is C16H23N3O. The van der Waals surface area contributed by atoms with Gasteiger partial charge < -0.3 is 15.4 Å². The predicted molar refractivity (Wildman–Crippen MR) is 80.9 cm³/mol. The minimum Gasteiger partial charge on any atom is -0.493 e.